The maximum absolute atomic E-state index is 14.1. The van der Waals surface area contributed by atoms with E-state index in [1.165, 1.54) is 11.3 Å². The summed E-state index contributed by atoms with van der Waals surface area (Å²) in [6.45, 7) is 2.06. The van der Waals surface area contributed by atoms with Crippen LogP contribution in [0, 0.1) is 11.6 Å². The fraction of sp³-hybridized carbons (Fsp3) is 0.235. The van der Waals surface area contributed by atoms with Crippen LogP contribution in [0.4, 0.5) is 8.78 Å². The molecule has 0 saturated heterocycles. The maximum atomic E-state index is 14.1. The number of aromatic nitrogens is 2. The van der Waals surface area contributed by atoms with Crippen molar-refractivity contribution in [3.8, 4) is 5.75 Å². The van der Waals surface area contributed by atoms with Crippen LogP contribution < -0.4 is 10.5 Å². The van der Waals surface area contributed by atoms with E-state index in [1.807, 2.05) is 12.3 Å². The van der Waals surface area contributed by atoms with Gasteiger partial charge in [-0.15, -0.1) is 0 Å². The molecule has 0 unspecified atom stereocenters. The smallest absolute Gasteiger partial charge is 0.254 e. The molecular weight excluding hydrogens is 348 g/mol. The van der Waals surface area contributed by atoms with E-state index >= 15 is 0 Å². The van der Waals surface area contributed by atoms with Gasteiger partial charge in [0.1, 0.15) is 33.3 Å². The molecule has 0 atom stereocenters. The van der Waals surface area contributed by atoms with Crippen LogP contribution >= 0.6 is 11.3 Å². The van der Waals surface area contributed by atoms with Crippen molar-refractivity contribution in [3.05, 3.63) is 52.2 Å². The van der Waals surface area contributed by atoms with Crippen molar-refractivity contribution in [1.82, 2.24) is 9.97 Å². The van der Waals surface area contributed by atoms with Crippen LogP contribution in [0.5, 0.6) is 5.75 Å². The number of fused-ring (bicyclic) bond motifs is 1. The maximum Gasteiger partial charge on any atom is 0.254 e. The van der Waals surface area contributed by atoms with Gasteiger partial charge in [0.25, 0.3) is 5.91 Å². The van der Waals surface area contributed by atoms with E-state index in [9.17, 15) is 13.6 Å². The molecule has 0 radical (unpaired) electrons. The lowest BCUT2D eigenvalue weighted by Crippen LogP contribution is -2.16. The predicted octanol–water partition coefficient (Wildman–Crippen LogP) is 3.60. The third kappa shape index (κ3) is 3.58. The molecule has 3 rings (SSSR count). The molecule has 2 heterocycles. The largest absolute Gasteiger partial charge is 0.483 e. The molecule has 3 aromatic rings. The normalized spacial score (nSPS) is 11.0. The Balaban J connectivity index is 1.81. The third-order valence-corrected chi connectivity index (χ3v) is 4.49. The van der Waals surface area contributed by atoms with E-state index in [-0.39, 0.29) is 12.4 Å². The van der Waals surface area contributed by atoms with Gasteiger partial charge in [0.15, 0.2) is 11.6 Å². The number of benzene rings is 1. The van der Waals surface area contributed by atoms with Crippen molar-refractivity contribution in [1.29, 1.82) is 0 Å². The molecule has 0 saturated carbocycles. The third-order valence-electron chi connectivity index (χ3n) is 3.54. The molecule has 130 valence electrons. The van der Waals surface area contributed by atoms with Gasteiger partial charge in [-0.3, -0.25) is 4.79 Å². The van der Waals surface area contributed by atoms with Crippen LogP contribution in [-0.4, -0.2) is 15.9 Å². The Hall–Kier alpha value is -2.61. The number of amides is 1. The fourth-order valence-corrected chi connectivity index (χ4v) is 3.21. The van der Waals surface area contributed by atoms with Crippen LogP contribution in [0.3, 0.4) is 0 Å². The average molecular weight is 363 g/mol. The van der Waals surface area contributed by atoms with Crippen molar-refractivity contribution in [2.24, 2.45) is 5.73 Å². The van der Waals surface area contributed by atoms with Crippen LogP contribution in [0.15, 0.2) is 24.4 Å². The van der Waals surface area contributed by atoms with Crippen molar-refractivity contribution in [2.75, 3.05) is 0 Å². The lowest BCUT2D eigenvalue weighted by atomic mass is 10.1. The minimum Gasteiger partial charge on any atom is -0.483 e. The summed E-state index contributed by atoms with van der Waals surface area (Å²) in [6, 6.07) is 4.02. The first-order valence-corrected chi connectivity index (χ1v) is 8.46. The van der Waals surface area contributed by atoms with Gasteiger partial charge in [-0.1, -0.05) is 24.7 Å². The Kier molecular flexibility index (Phi) is 4.89. The average Bonchev–Trinajstić information content (AvgIpc) is 2.96. The van der Waals surface area contributed by atoms with Crippen molar-refractivity contribution in [2.45, 2.75) is 26.4 Å². The molecule has 0 aliphatic heterocycles. The van der Waals surface area contributed by atoms with Crippen molar-refractivity contribution < 1.29 is 18.3 Å². The Morgan fingerprint density at radius 3 is 2.88 bits per heavy atom. The minimum atomic E-state index is -1.19. The number of primary amides is 1. The zero-order valence-corrected chi connectivity index (χ0v) is 14.2. The van der Waals surface area contributed by atoms with Crippen LogP contribution in [0.1, 0.15) is 34.3 Å². The molecular formula is C17H15F2N3O2S. The summed E-state index contributed by atoms with van der Waals surface area (Å²) in [5.41, 5.74) is 6.03. The summed E-state index contributed by atoms with van der Waals surface area (Å²) < 4.78 is 33.0. The second-order valence-corrected chi connectivity index (χ2v) is 6.47. The topological polar surface area (TPSA) is 78.1 Å². The molecule has 0 aliphatic carbocycles. The molecule has 2 N–H and O–H groups in total. The number of hydrogen-bond donors (Lipinski definition) is 1. The standard InChI is InChI=1S/C17H15F2N3O2S/c1-2-3-9-6-11-17(21-7-9)25-13(22-11)8-24-12-5-4-10(18)14(15(12)19)16(20)23/h4-7H,2-3,8H2,1H3,(H2,20,23). The highest BCUT2D eigenvalue weighted by atomic mass is 32.1. The highest BCUT2D eigenvalue weighted by Gasteiger charge is 2.19. The molecule has 0 fully saturated rings. The van der Waals surface area contributed by atoms with E-state index < -0.39 is 23.1 Å². The quantitative estimate of drug-likeness (QED) is 0.726. The molecule has 0 spiro atoms. The lowest BCUT2D eigenvalue weighted by molar-refractivity contribution is 0.0991. The molecule has 1 amide bonds. The summed E-state index contributed by atoms with van der Waals surface area (Å²) in [4.78, 5) is 20.7. The number of nitrogens with two attached hydrogens (primary N) is 1. The van der Waals surface area contributed by atoms with Gasteiger partial charge < -0.3 is 10.5 Å². The zero-order valence-electron chi connectivity index (χ0n) is 13.4. The minimum absolute atomic E-state index is 0.0229. The van der Waals surface area contributed by atoms with E-state index in [0.717, 1.165) is 40.9 Å². The molecule has 25 heavy (non-hydrogen) atoms. The number of ether oxygens (including phenoxy) is 1. The summed E-state index contributed by atoms with van der Waals surface area (Å²) in [7, 11) is 0. The number of rotatable bonds is 6. The van der Waals surface area contributed by atoms with Gasteiger partial charge in [0, 0.05) is 6.20 Å². The number of halogens is 2. The first-order chi connectivity index (χ1) is 12.0. The highest BCUT2D eigenvalue weighted by molar-refractivity contribution is 7.18. The zero-order chi connectivity index (χ0) is 18.0. The number of nitrogens with zero attached hydrogens (tertiary/aromatic N) is 2. The highest BCUT2D eigenvalue weighted by Crippen LogP contribution is 2.26. The van der Waals surface area contributed by atoms with E-state index in [0.29, 0.717) is 5.01 Å². The van der Waals surface area contributed by atoms with Crippen molar-refractivity contribution in [3.63, 3.8) is 0 Å². The van der Waals surface area contributed by atoms with Crippen LogP contribution in [-0.2, 0) is 13.0 Å². The molecule has 8 heteroatoms. The Morgan fingerprint density at radius 2 is 2.16 bits per heavy atom. The SMILES string of the molecule is CCCc1cnc2sc(COc3ccc(F)c(C(N)=O)c3F)nc2c1. The van der Waals surface area contributed by atoms with E-state index in [2.05, 4.69) is 16.9 Å². The van der Waals surface area contributed by atoms with Gasteiger partial charge in [-0.05, 0) is 30.2 Å². The molecule has 0 bridgehead atoms. The van der Waals surface area contributed by atoms with Crippen LogP contribution in [0.2, 0.25) is 0 Å². The molecule has 5 nitrogen and oxygen atoms in total. The Morgan fingerprint density at radius 1 is 1.36 bits per heavy atom. The number of aryl methyl sites for hydroxylation is 1. The predicted molar refractivity (Wildman–Crippen MR) is 90.6 cm³/mol. The molecule has 2 aromatic heterocycles. The monoisotopic (exact) mass is 363 g/mol. The van der Waals surface area contributed by atoms with Crippen molar-refractivity contribution >= 4 is 27.6 Å². The second kappa shape index (κ2) is 7.10. The van der Waals surface area contributed by atoms with E-state index in [4.69, 9.17) is 10.5 Å². The Labute approximate surface area is 146 Å². The number of carbonyl (C=O) groups excluding carboxylic acids is 1. The lowest BCUT2D eigenvalue weighted by Gasteiger charge is -2.08. The summed E-state index contributed by atoms with van der Waals surface area (Å²) in [5.74, 6) is -3.58. The van der Waals surface area contributed by atoms with Gasteiger partial charge in [0.05, 0.1) is 0 Å². The first-order valence-electron chi connectivity index (χ1n) is 7.64. The summed E-state index contributed by atoms with van der Waals surface area (Å²) >= 11 is 1.33. The van der Waals surface area contributed by atoms with Crippen LogP contribution in [0.25, 0.3) is 10.3 Å². The van der Waals surface area contributed by atoms with Gasteiger partial charge in [0.2, 0.25) is 0 Å². The Bertz CT molecular complexity index is 943. The van der Waals surface area contributed by atoms with E-state index in [1.54, 1.807) is 0 Å². The molecule has 0 aliphatic rings. The first kappa shape index (κ1) is 17.2. The number of carbonyl (C=O) groups is 1. The van der Waals surface area contributed by atoms with Gasteiger partial charge in [-0.2, -0.15) is 0 Å². The number of thiazole rings is 1. The summed E-state index contributed by atoms with van der Waals surface area (Å²) in [6.07, 6.45) is 3.75. The van der Waals surface area contributed by atoms with Gasteiger partial charge >= 0.3 is 0 Å². The second-order valence-electron chi connectivity index (χ2n) is 5.41. The number of pyridine rings is 1. The molecule has 1 aromatic carbocycles. The number of hydrogen-bond acceptors (Lipinski definition) is 5. The fourth-order valence-electron chi connectivity index (χ4n) is 2.41. The van der Waals surface area contributed by atoms with Gasteiger partial charge in [-0.25, -0.2) is 18.7 Å². The summed E-state index contributed by atoms with van der Waals surface area (Å²) in [5, 5.41) is 0.598.